The summed E-state index contributed by atoms with van der Waals surface area (Å²) >= 11 is 1.82. The predicted molar refractivity (Wildman–Crippen MR) is 207 cm³/mol. The summed E-state index contributed by atoms with van der Waals surface area (Å²) in [6.07, 6.45) is 18.9. The van der Waals surface area contributed by atoms with Gasteiger partial charge in [0.2, 0.25) is 0 Å². The lowest BCUT2D eigenvalue weighted by molar-refractivity contribution is -0.116. The summed E-state index contributed by atoms with van der Waals surface area (Å²) in [5.41, 5.74) is 1.61. The smallest absolute Gasteiger partial charge is 0.290 e. The minimum absolute atomic E-state index is 0.339. The quantitative estimate of drug-likeness (QED) is 0.180. The average molecular weight is 751 g/mol. The molecule has 2 aliphatic heterocycles. The molecule has 2 N–H and O–H groups in total. The number of hydrogen-bond donors (Lipinski definition) is 2. The van der Waals surface area contributed by atoms with Crippen LogP contribution in [0.25, 0.3) is 12.2 Å². The van der Waals surface area contributed by atoms with Gasteiger partial charge in [0, 0.05) is 0 Å². The maximum absolute atomic E-state index is 11.7. The van der Waals surface area contributed by atoms with Gasteiger partial charge in [0.1, 0.15) is 0 Å². The summed E-state index contributed by atoms with van der Waals surface area (Å²) in [5.74, 6) is 3.63. The minimum Gasteiger partial charge on any atom is -0.490 e. The zero-order chi connectivity index (χ0) is 36.7. The Bertz CT molecular complexity index is 1510. The van der Waals surface area contributed by atoms with E-state index >= 15 is 0 Å². The van der Waals surface area contributed by atoms with Crippen molar-refractivity contribution in [3.05, 3.63) is 57.3 Å². The predicted octanol–water partition coefficient (Wildman–Crippen LogP) is 9.52. The van der Waals surface area contributed by atoms with Crippen LogP contribution in [-0.2, 0) is 9.59 Å². The third-order valence-electron chi connectivity index (χ3n) is 9.43. The molecule has 2 aromatic carbocycles. The van der Waals surface area contributed by atoms with E-state index < -0.39 is 0 Å². The van der Waals surface area contributed by atoms with Crippen LogP contribution in [0.4, 0.5) is 9.59 Å². The van der Waals surface area contributed by atoms with Gasteiger partial charge in [0.05, 0.1) is 36.2 Å². The van der Waals surface area contributed by atoms with Crippen LogP contribution in [-0.4, -0.2) is 48.7 Å². The van der Waals surface area contributed by atoms with Crippen molar-refractivity contribution in [2.75, 3.05) is 26.4 Å². The van der Waals surface area contributed by atoms with Crippen LogP contribution in [0.15, 0.2) is 46.2 Å². The first kappa shape index (κ1) is 39.3. The molecule has 0 bridgehead atoms. The number of nitrogens with one attached hydrogen (secondary N) is 2. The second-order valence-electron chi connectivity index (χ2n) is 13.3. The molecule has 2 saturated carbocycles. The molecule has 0 atom stereocenters. The summed E-state index contributed by atoms with van der Waals surface area (Å²) in [6, 6.07) is 11.2. The maximum atomic E-state index is 11.7. The van der Waals surface area contributed by atoms with Gasteiger partial charge in [-0.2, -0.15) is 0 Å². The minimum atomic E-state index is -0.356. The number of carbonyl (C=O) groups is 4. The lowest BCUT2D eigenvalue weighted by Crippen LogP contribution is -2.17. The van der Waals surface area contributed by atoms with E-state index in [2.05, 4.69) is 10.6 Å². The number of thioether (sulfide) groups is 2. The Kier molecular flexibility index (Phi) is 15.4. The monoisotopic (exact) mass is 750 g/mol. The van der Waals surface area contributed by atoms with Gasteiger partial charge in [-0.05, 0) is 110 Å². The maximum Gasteiger partial charge on any atom is 0.290 e. The third-order valence-corrected chi connectivity index (χ3v) is 11.1. The molecule has 2 heterocycles. The van der Waals surface area contributed by atoms with Gasteiger partial charge in [-0.15, -0.1) is 0 Å². The van der Waals surface area contributed by atoms with E-state index in [1.807, 2.05) is 50.2 Å². The van der Waals surface area contributed by atoms with E-state index in [9.17, 15) is 19.2 Å². The number of carbonyl (C=O) groups excluding carboxylic acids is 4. The SMILES string of the molecule is CCOc1cc(C=C2SC(=O)NC2=O)ccc1OCCC1CCCCC1.CCOc1cc(C=C2SC(=O)NC2=O)ccc1OCCC1CCCCC1. The van der Waals surface area contributed by atoms with Crippen LogP contribution < -0.4 is 29.6 Å². The van der Waals surface area contributed by atoms with Crippen molar-refractivity contribution in [3.63, 3.8) is 0 Å². The van der Waals surface area contributed by atoms with Crippen LogP contribution in [0.2, 0.25) is 0 Å². The number of ether oxygens (including phenoxy) is 4. The number of imide groups is 2. The molecule has 280 valence electrons. The molecule has 0 radical (unpaired) electrons. The largest absolute Gasteiger partial charge is 0.490 e. The number of benzene rings is 2. The molecule has 4 fully saturated rings. The van der Waals surface area contributed by atoms with Gasteiger partial charge in [-0.25, -0.2) is 0 Å². The Morgan fingerprint density at radius 1 is 0.577 bits per heavy atom. The van der Waals surface area contributed by atoms with Gasteiger partial charge in [-0.1, -0.05) is 76.3 Å². The second kappa shape index (κ2) is 20.4. The normalized spacial score (nSPS) is 19.7. The second-order valence-corrected chi connectivity index (χ2v) is 15.3. The van der Waals surface area contributed by atoms with E-state index in [-0.39, 0.29) is 22.3 Å². The highest BCUT2D eigenvalue weighted by Gasteiger charge is 2.26. The van der Waals surface area contributed by atoms with Gasteiger partial charge in [0.25, 0.3) is 22.3 Å². The molecule has 2 aromatic rings. The highest BCUT2D eigenvalue weighted by molar-refractivity contribution is 8.18. The molecule has 2 saturated heterocycles. The molecule has 0 unspecified atom stereocenters. The number of amides is 4. The number of rotatable bonds is 14. The molecule has 4 aliphatic rings. The van der Waals surface area contributed by atoms with Crippen LogP contribution in [0.3, 0.4) is 0 Å². The van der Waals surface area contributed by atoms with Crippen molar-refractivity contribution >= 4 is 58.0 Å². The Labute approximate surface area is 315 Å². The van der Waals surface area contributed by atoms with Crippen molar-refractivity contribution in [1.29, 1.82) is 0 Å². The molecule has 2 aliphatic carbocycles. The lowest BCUT2D eigenvalue weighted by atomic mass is 9.87. The van der Waals surface area contributed by atoms with Crippen molar-refractivity contribution in [3.8, 4) is 23.0 Å². The number of hydrogen-bond acceptors (Lipinski definition) is 10. The molecule has 10 nitrogen and oxygen atoms in total. The van der Waals surface area contributed by atoms with E-state index in [1.54, 1.807) is 12.2 Å². The summed E-state index contributed by atoms with van der Waals surface area (Å²) in [6.45, 7) is 6.31. The third kappa shape index (κ3) is 12.1. The molecule has 4 amide bonds. The highest BCUT2D eigenvalue weighted by atomic mass is 32.2. The van der Waals surface area contributed by atoms with Crippen molar-refractivity contribution in [1.82, 2.24) is 10.6 Å². The highest BCUT2D eigenvalue weighted by Crippen LogP contribution is 2.35. The van der Waals surface area contributed by atoms with Crippen LogP contribution >= 0.6 is 23.5 Å². The zero-order valence-corrected chi connectivity index (χ0v) is 31.8. The van der Waals surface area contributed by atoms with Gasteiger partial charge < -0.3 is 18.9 Å². The van der Waals surface area contributed by atoms with E-state index in [4.69, 9.17) is 18.9 Å². The van der Waals surface area contributed by atoms with Gasteiger partial charge in [-0.3, -0.25) is 29.8 Å². The fourth-order valence-corrected chi connectivity index (χ4v) is 8.14. The summed E-state index contributed by atoms with van der Waals surface area (Å²) in [4.78, 5) is 46.7. The molecular formula is C40H50N2O8S2. The molecule has 0 spiro atoms. The van der Waals surface area contributed by atoms with Crippen LogP contribution in [0, 0.1) is 11.8 Å². The van der Waals surface area contributed by atoms with E-state index in [1.165, 1.54) is 64.2 Å². The molecular weight excluding hydrogens is 701 g/mol. The summed E-state index contributed by atoms with van der Waals surface area (Å²) in [5, 5.41) is 3.84. The van der Waals surface area contributed by atoms with E-state index in [0.29, 0.717) is 47.7 Å². The Hall–Kier alpha value is -3.90. The average Bonchev–Trinajstić information content (AvgIpc) is 3.64. The molecule has 52 heavy (non-hydrogen) atoms. The first-order valence-electron chi connectivity index (χ1n) is 18.6. The Morgan fingerprint density at radius 3 is 1.33 bits per heavy atom. The van der Waals surface area contributed by atoms with Gasteiger partial charge >= 0.3 is 0 Å². The summed E-state index contributed by atoms with van der Waals surface area (Å²) < 4.78 is 23.4. The summed E-state index contributed by atoms with van der Waals surface area (Å²) in [7, 11) is 0. The fraction of sp³-hybridized carbons (Fsp3) is 0.500. The van der Waals surface area contributed by atoms with Crippen molar-refractivity contribution in [2.45, 2.75) is 90.9 Å². The first-order chi connectivity index (χ1) is 25.3. The Morgan fingerprint density at radius 2 is 0.981 bits per heavy atom. The van der Waals surface area contributed by atoms with Crippen molar-refractivity contribution in [2.24, 2.45) is 11.8 Å². The first-order valence-corrected chi connectivity index (χ1v) is 20.2. The fourth-order valence-electron chi connectivity index (χ4n) is 6.77. The molecule has 6 rings (SSSR count). The van der Waals surface area contributed by atoms with Crippen LogP contribution in [0.5, 0.6) is 23.0 Å². The van der Waals surface area contributed by atoms with E-state index in [0.717, 1.165) is 70.8 Å². The van der Waals surface area contributed by atoms with Gasteiger partial charge in [0.15, 0.2) is 23.0 Å². The van der Waals surface area contributed by atoms with Crippen molar-refractivity contribution < 1.29 is 38.1 Å². The Balaban J connectivity index is 0.000000201. The standard InChI is InChI=1S/2C20H25NO4S/c2*1-2-24-17-12-15(13-18-19(22)21-20(23)26-18)8-9-16(17)25-11-10-14-6-4-3-5-7-14/h2*8-9,12-14H,2-7,10-11H2,1H3,(H,21,22,23). The zero-order valence-electron chi connectivity index (χ0n) is 30.2. The topological polar surface area (TPSA) is 129 Å². The molecule has 0 aromatic heterocycles. The van der Waals surface area contributed by atoms with Crippen LogP contribution in [0.1, 0.15) is 102 Å². The lowest BCUT2D eigenvalue weighted by Gasteiger charge is -2.21. The molecule has 12 heteroatoms.